The van der Waals surface area contributed by atoms with E-state index in [0.29, 0.717) is 5.92 Å². The van der Waals surface area contributed by atoms with Crippen molar-refractivity contribution in [3.05, 3.63) is 22.4 Å². The summed E-state index contributed by atoms with van der Waals surface area (Å²) >= 11 is 1.52. The molecule has 2 rings (SSSR count). The first kappa shape index (κ1) is 12.6. The predicted molar refractivity (Wildman–Crippen MR) is 69.2 cm³/mol. The van der Waals surface area contributed by atoms with Gasteiger partial charge in [0.2, 0.25) is 0 Å². The lowest BCUT2D eigenvalue weighted by Gasteiger charge is -2.48. The third-order valence-corrected chi connectivity index (χ3v) is 4.47. The molecule has 1 atom stereocenters. The molecule has 1 saturated heterocycles. The maximum atomic E-state index is 11.4. The van der Waals surface area contributed by atoms with Crippen molar-refractivity contribution in [2.24, 2.45) is 11.3 Å². The minimum atomic E-state index is -0.736. The van der Waals surface area contributed by atoms with Gasteiger partial charge in [-0.2, -0.15) is 0 Å². The Labute approximate surface area is 106 Å². The summed E-state index contributed by atoms with van der Waals surface area (Å²) in [4.78, 5) is 14.3. The molecule has 2 heterocycles. The van der Waals surface area contributed by atoms with E-state index in [4.69, 9.17) is 0 Å². The highest BCUT2D eigenvalue weighted by Crippen LogP contribution is 2.39. The zero-order valence-electron chi connectivity index (χ0n) is 10.5. The summed E-state index contributed by atoms with van der Waals surface area (Å²) in [6.45, 7) is 8.43. The van der Waals surface area contributed by atoms with Gasteiger partial charge in [0.1, 0.15) is 6.04 Å². The average molecular weight is 253 g/mol. The number of thiophene rings is 1. The van der Waals surface area contributed by atoms with E-state index >= 15 is 0 Å². The van der Waals surface area contributed by atoms with E-state index in [9.17, 15) is 9.90 Å². The van der Waals surface area contributed by atoms with Gasteiger partial charge in [0.05, 0.1) is 0 Å². The number of hydrogen-bond acceptors (Lipinski definition) is 3. The maximum Gasteiger partial charge on any atom is 0.326 e. The molecule has 1 fully saturated rings. The lowest BCUT2D eigenvalue weighted by atomic mass is 9.75. The van der Waals surface area contributed by atoms with Crippen molar-refractivity contribution >= 4 is 17.3 Å². The first-order valence-corrected chi connectivity index (χ1v) is 6.78. The van der Waals surface area contributed by atoms with Crippen LogP contribution < -0.4 is 0 Å². The van der Waals surface area contributed by atoms with Gasteiger partial charge in [-0.1, -0.05) is 26.8 Å². The molecule has 1 aliphatic heterocycles. The molecule has 17 heavy (non-hydrogen) atoms. The Morgan fingerprint density at radius 1 is 1.53 bits per heavy atom. The average Bonchev–Trinajstić information content (AvgIpc) is 2.59. The Hall–Kier alpha value is -0.870. The number of nitrogens with zero attached hydrogens (tertiary/aromatic N) is 1. The molecule has 4 heteroatoms. The zero-order chi connectivity index (χ0) is 12.6. The van der Waals surface area contributed by atoms with E-state index in [2.05, 4.69) is 25.7 Å². The van der Waals surface area contributed by atoms with Crippen LogP contribution >= 0.6 is 11.3 Å². The van der Waals surface area contributed by atoms with Crippen molar-refractivity contribution in [3.63, 3.8) is 0 Å². The van der Waals surface area contributed by atoms with Gasteiger partial charge in [0, 0.05) is 18.0 Å². The van der Waals surface area contributed by atoms with Gasteiger partial charge in [-0.15, -0.1) is 11.3 Å². The van der Waals surface area contributed by atoms with E-state index in [1.54, 1.807) is 0 Å². The van der Waals surface area contributed by atoms with Crippen LogP contribution in [-0.4, -0.2) is 29.1 Å². The normalized spacial score (nSPS) is 19.9. The van der Waals surface area contributed by atoms with Crippen LogP contribution in [-0.2, 0) is 4.79 Å². The first-order chi connectivity index (χ1) is 7.89. The van der Waals surface area contributed by atoms with E-state index in [0.717, 1.165) is 18.0 Å². The van der Waals surface area contributed by atoms with E-state index in [1.165, 1.54) is 11.3 Å². The highest BCUT2D eigenvalue weighted by Gasteiger charge is 2.42. The Morgan fingerprint density at radius 3 is 2.59 bits per heavy atom. The lowest BCUT2D eigenvalue weighted by molar-refractivity contribution is -0.148. The smallest absolute Gasteiger partial charge is 0.326 e. The summed E-state index contributed by atoms with van der Waals surface area (Å²) in [6, 6.07) is 3.37. The monoisotopic (exact) mass is 253 g/mol. The van der Waals surface area contributed by atoms with Crippen molar-refractivity contribution in [2.45, 2.75) is 26.8 Å². The third kappa shape index (κ3) is 2.53. The van der Waals surface area contributed by atoms with Crippen molar-refractivity contribution in [1.29, 1.82) is 0 Å². The summed E-state index contributed by atoms with van der Waals surface area (Å²) in [7, 11) is 0. The van der Waals surface area contributed by atoms with E-state index in [-0.39, 0.29) is 5.41 Å². The van der Waals surface area contributed by atoms with Crippen LogP contribution in [0.3, 0.4) is 0 Å². The number of carbonyl (C=O) groups is 1. The topological polar surface area (TPSA) is 40.5 Å². The standard InChI is InChI=1S/C13H19NO2S/c1-13(2,3)9-7-14(8-9)11(12(15)16)10-5-4-6-17-10/h4-6,9,11H,7-8H2,1-3H3,(H,15,16). The summed E-state index contributed by atoms with van der Waals surface area (Å²) < 4.78 is 0. The maximum absolute atomic E-state index is 11.4. The van der Waals surface area contributed by atoms with E-state index < -0.39 is 12.0 Å². The quantitative estimate of drug-likeness (QED) is 0.900. The molecule has 0 spiro atoms. The van der Waals surface area contributed by atoms with Gasteiger partial charge in [-0.05, 0) is 22.8 Å². The van der Waals surface area contributed by atoms with Crippen molar-refractivity contribution in [1.82, 2.24) is 4.90 Å². The molecule has 1 aromatic rings. The predicted octanol–water partition coefficient (Wildman–Crippen LogP) is 2.85. The van der Waals surface area contributed by atoms with Crippen molar-refractivity contribution in [3.8, 4) is 0 Å². The molecular weight excluding hydrogens is 234 g/mol. The van der Waals surface area contributed by atoms with Crippen LogP contribution in [0.4, 0.5) is 0 Å². The SMILES string of the molecule is CC(C)(C)C1CN(C(C(=O)O)c2cccs2)C1. The summed E-state index contributed by atoms with van der Waals surface area (Å²) in [6.07, 6.45) is 0. The number of carboxylic acid groups (broad SMARTS) is 1. The first-order valence-electron chi connectivity index (χ1n) is 5.90. The molecule has 1 aromatic heterocycles. The van der Waals surface area contributed by atoms with Gasteiger partial charge in [0.25, 0.3) is 0 Å². The third-order valence-electron chi connectivity index (χ3n) is 3.55. The number of hydrogen-bond donors (Lipinski definition) is 1. The molecule has 3 nitrogen and oxygen atoms in total. The van der Waals surface area contributed by atoms with Crippen LogP contribution in [0.1, 0.15) is 31.7 Å². The van der Waals surface area contributed by atoms with Gasteiger partial charge in [0.15, 0.2) is 0 Å². The molecule has 0 saturated carbocycles. The van der Waals surface area contributed by atoms with Crippen LogP contribution in [0, 0.1) is 11.3 Å². The molecule has 0 bridgehead atoms. The largest absolute Gasteiger partial charge is 0.480 e. The van der Waals surface area contributed by atoms with Gasteiger partial charge >= 0.3 is 5.97 Å². The van der Waals surface area contributed by atoms with E-state index in [1.807, 2.05) is 17.5 Å². The molecule has 0 amide bonds. The molecule has 1 unspecified atom stereocenters. The van der Waals surface area contributed by atoms with Crippen LogP contribution in [0.2, 0.25) is 0 Å². The van der Waals surface area contributed by atoms with Gasteiger partial charge in [-0.3, -0.25) is 9.69 Å². The highest BCUT2D eigenvalue weighted by atomic mass is 32.1. The molecule has 0 aliphatic carbocycles. The van der Waals surface area contributed by atoms with Crippen molar-refractivity contribution in [2.75, 3.05) is 13.1 Å². The summed E-state index contributed by atoms with van der Waals surface area (Å²) in [5.41, 5.74) is 0.273. The molecule has 94 valence electrons. The number of carboxylic acids is 1. The van der Waals surface area contributed by atoms with Crippen LogP contribution in [0.25, 0.3) is 0 Å². The fourth-order valence-corrected chi connectivity index (χ4v) is 3.03. The Balaban J connectivity index is 2.05. The fraction of sp³-hybridized carbons (Fsp3) is 0.615. The van der Waals surface area contributed by atoms with Crippen LogP contribution in [0.5, 0.6) is 0 Å². The number of aliphatic carboxylic acids is 1. The Kier molecular flexibility index (Phi) is 3.27. The lowest BCUT2D eigenvalue weighted by Crippen LogP contribution is -2.54. The molecule has 0 radical (unpaired) electrons. The highest BCUT2D eigenvalue weighted by molar-refractivity contribution is 7.10. The van der Waals surface area contributed by atoms with Gasteiger partial charge < -0.3 is 5.11 Å². The zero-order valence-corrected chi connectivity index (χ0v) is 11.3. The minimum Gasteiger partial charge on any atom is -0.480 e. The van der Waals surface area contributed by atoms with Crippen molar-refractivity contribution < 1.29 is 9.90 Å². The second-order valence-electron chi connectivity index (χ2n) is 5.77. The minimum absolute atomic E-state index is 0.273. The Morgan fingerprint density at radius 2 is 2.18 bits per heavy atom. The molecule has 0 aromatic carbocycles. The summed E-state index contributed by atoms with van der Waals surface area (Å²) in [5.74, 6) is -0.135. The summed E-state index contributed by atoms with van der Waals surface area (Å²) in [5, 5.41) is 11.3. The molecular formula is C13H19NO2S. The second-order valence-corrected chi connectivity index (χ2v) is 6.75. The fourth-order valence-electron chi connectivity index (χ4n) is 2.18. The Bertz CT molecular complexity index is 388. The number of rotatable bonds is 3. The molecule has 1 aliphatic rings. The molecule has 1 N–H and O–H groups in total. The van der Waals surface area contributed by atoms with Gasteiger partial charge in [-0.25, -0.2) is 0 Å². The second kappa shape index (κ2) is 4.42. The number of likely N-dealkylation sites (tertiary alicyclic amines) is 1. The van der Waals surface area contributed by atoms with Crippen LogP contribution in [0.15, 0.2) is 17.5 Å².